The summed E-state index contributed by atoms with van der Waals surface area (Å²) in [7, 11) is -3.19. The lowest BCUT2D eigenvalue weighted by molar-refractivity contribution is 0.116. The topological polar surface area (TPSA) is 79.2 Å². The van der Waals surface area contributed by atoms with E-state index in [2.05, 4.69) is 0 Å². The van der Waals surface area contributed by atoms with Gasteiger partial charge in [-0.05, 0) is 34.6 Å². The molecule has 0 aliphatic rings. The second-order valence-corrected chi connectivity index (χ2v) is 7.44. The minimum absolute atomic E-state index is 0.00921. The fourth-order valence-electron chi connectivity index (χ4n) is 2.00. The van der Waals surface area contributed by atoms with E-state index in [-0.39, 0.29) is 37.6 Å². The molecule has 0 aliphatic carbocycles. The molecule has 0 spiro atoms. The lowest BCUT2D eigenvalue weighted by Crippen LogP contribution is -2.40. The Balaban J connectivity index is 4.80. The molecule has 20 heavy (non-hydrogen) atoms. The molecule has 0 heterocycles. The Bertz CT molecular complexity index is 278. The number of hydrogen-bond acceptors (Lipinski definition) is 6. The minimum Gasteiger partial charge on any atom is -0.395 e. The summed E-state index contributed by atoms with van der Waals surface area (Å²) in [5.74, 6) is 0. The number of rotatable bonds is 11. The summed E-state index contributed by atoms with van der Waals surface area (Å²) >= 11 is 0. The molecule has 0 amide bonds. The predicted octanol–water partition coefficient (Wildman–Crippen LogP) is 1.70. The quantitative estimate of drug-likeness (QED) is 0.566. The Morgan fingerprint density at radius 1 is 0.950 bits per heavy atom. The summed E-state index contributed by atoms with van der Waals surface area (Å²) in [6, 6.07) is -0.113. The lowest BCUT2D eigenvalue weighted by Gasteiger charge is -2.31. The van der Waals surface area contributed by atoms with Gasteiger partial charge >= 0.3 is 7.60 Å². The molecule has 1 atom stereocenters. The standard InChI is InChI=1S/C13H30NO5P/c1-11(2)18-20(17,19-12(3)4)10-13(5)14(6-8-15)7-9-16/h11-13,15-16H,6-10H2,1-5H3. The summed E-state index contributed by atoms with van der Waals surface area (Å²) in [5.41, 5.74) is 0. The predicted molar refractivity (Wildman–Crippen MR) is 80.1 cm³/mol. The maximum Gasteiger partial charge on any atom is 0.332 e. The molecule has 0 aliphatic heterocycles. The van der Waals surface area contributed by atoms with E-state index in [9.17, 15) is 4.57 Å². The molecule has 0 aromatic rings. The van der Waals surface area contributed by atoms with Crippen molar-refractivity contribution in [3.8, 4) is 0 Å². The van der Waals surface area contributed by atoms with Crippen LogP contribution in [0.4, 0.5) is 0 Å². The van der Waals surface area contributed by atoms with Crippen molar-refractivity contribution in [2.75, 3.05) is 32.5 Å². The summed E-state index contributed by atoms with van der Waals surface area (Å²) in [5, 5.41) is 18.1. The van der Waals surface area contributed by atoms with Gasteiger partial charge in [0.1, 0.15) is 0 Å². The van der Waals surface area contributed by atoms with Crippen LogP contribution in [0.25, 0.3) is 0 Å². The molecule has 0 saturated heterocycles. The molecular formula is C13H30NO5P. The van der Waals surface area contributed by atoms with Crippen LogP contribution in [0, 0.1) is 0 Å². The van der Waals surface area contributed by atoms with E-state index < -0.39 is 7.60 Å². The zero-order chi connectivity index (χ0) is 15.8. The smallest absolute Gasteiger partial charge is 0.332 e. The first-order valence-corrected chi connectivity index (χ1v) is 8.88. The van der Waals surface area contributed by atoms with Gasteiger partial charge in [-0.2, -0.15) is 0 Å². The molecule has 122 valence electrons. The van der Waals surface area contributed by atoms with E-state index in [4.69, 9.17) is 19.3 Å². The molecule has 0 aromatic carbocycles. The molecular weight excluding hydrogens is 281 g/mol. The van der Waals surface area contributed by atoms with Crippen LogP contribution in [0.3, 0.4) is 0 Å². The molecule has 7 heteroatoms. The molecule has 0 fully saturated rings. The van der Waals surface area contributed by atoms with E-state index in [1.54, 1.807) is 0 Å². The van der Waals surface area contributed by atoms with Crippen LogP contribution in [0.15, 0.2) is 0 Å². The van der Waals surface area contributed by atoms with Crippen molar-refractivity contribution >= 4 is 7.60 Å². The van der Waals surface area contributed by atoms with Crippen molar-refractivity contribution < 1.29 is 23.8 Å². The molecule has 0 bridgehead atoms. The fraction of sp³-hybridized carbons (Fsp3) is 1.00. The monoisotopic (exact) mass is 311 g/mol. The molecule has 0 radical (unpaired) electrons. The third-order valence-corrected chi connectivity index (χ3v) is 5.09. The minimum atomic E-state index is -3.19. The fourth-order valence-corrected chi connectivity index (χ4v) is 4.39. The summed E-state index contributed by atoms with van der Waals surface area (Å²) in [4.78, 5) is 1.88. The van der Waals surface area contributed by atoms with Crippen LogP contribution in [0.5, 0.6) is 0 Å². The largest absolute Gasteiger partial charge is 0.395 e. The molecule has 6 nitrogen and oxygen atoms in total. The van der Waals surface area contributed by atoms with Gasteiger partial charge in [-0.25, -0.2) is 0 Å². The summed E-state index contributed by atoms with van der Waals surface area (Å²) < 4.78 is 23.8. The molecule has 2 N–H and O–H groups in total. The zero-order valence-corrected chi connectivity index (χ0v) is 14.2. The van der Waals surface area contributed by atoms with Crippen LogP contribution in [0.1, 0.15) is 34.6 Å². The van der Waals surface area contributed by atoms with Gasteiger partial charge in [0.2, 0.25) is 0 Å². The highest BCUT2D eigenvalue weighted by Gasteiger charge is 2.31. The third-order valence-electron chi connectivity index (χ3n) is 2.63. The Morgan fingerprint density at radius 2 is 1.35 bits per heavy atom. The van der Waals surface area contributed by atoms with Crippen molar-refractivity contribution in [2.45, 2.75) is 52.9 Å². The summed E-state index contributed by atoms with van der Waals surface area (Å²) in [6.45, 7) is 10.00. The van der Waals surface area contributed by atoms with Crippen molar-refractivity contribution in [1.82, 2.24) is 4.90 Å². The van der Waals surface area contributed by atoms with Crippen molar-refractivity contribution in [3.63, 3.8) is 0 Å². The maximum absolute atomic E-state index is 12.8. The van der Waals surface area contributed by atoms with E-state index in [0.717, 1.165) is 0 Å². The van der Waals surface area contributed by atoms with Gasteiger partial charge in [-0.15, -0.1) is 0 Å². The van der Waals surface area contributed by atoms with Gasteiger partial charge in [0.25, 0.3) is 0 Å². The van der Waals surface area contributed by atoms with E-state index in [0.29, 0.717) is 13.1 Å². The molecule has 1 unspecified atom stereocenters. The highest BCUT2D eigenvalue weighted by molar-refractivity contribution is 7.53. The van der Waals surface area contributed by atoms with E-state index in [1.165, 1.54) is 0 Å². The Hall–Kier alpha value is 0.0300. The maximum atomic E-state index is 12.8. The molecule has 0 rings (SSSR count). The van der Waals surface area contributed by atoms with Crippen molar-refractivity contribution in [3.05, 3.63) is 0 Å². The summed E-state index contributed by atoms with van der Waals surface area (Å²) in [6.07, 6.45) is -0.129. The van der Waals surface area contributed by atoms with Crippen molar-refractivity contribution in [2.24, 2.45) is 0 Å². The average Bonchev–Trinajstić information content (AvgIpc) is 2.25. The van der Waals surface area contributed by atoms with Gasteiger partial charge < -0.3 is 19.3 Å². The van der Waals surface area contributed by atoms with Gasteiger partial charge in [-0.1, -0.05) is 0 Å². The highest BCUT2D eigenvalue weighted by Crippen LogP contribution is 2.51. The Kier molecular flexibility index (Phi) is 9.89. The average molecular weight is 311 g/mol. The number of aliphatic hydroxyl groups excluding tert-OH is 2. The first-order chi connectivity index (χ1) is 9.24. The second-order valence-electron chi connectivity index (χ2n) is 5.43. The Morgan fingerprint density at radius 3 is 1.65 bits per heavy atom. The normalized spacial score (nSPS) is 14.5. The Labute approximate surface area is 122 Å². The van der Waals surface area contributed by atoms with Gasteiger partial charge in [-0.3, -0.25) is 9.46 Å². The second kappa shape index (κ2) is 9.87. The van der Waals surface area contributed by atoms with Gasteiger partial charge in [0.05, 0.1) is 31.6 Å². The van der Waals surface area contributed by atoms with Crippen LogP contribution < -0.4 is 0 Å². The first-order valence-electron chi connectivity index (χ1n) is 7.15. The van der Waals surface area contributed by atoms with Gasteiger partial charge in [0.15, 0.2) is 0 Å². The first kappa shape index (κ1) is 20.0. The van der Waals surface area contributed by atoms with E-state index >= 15 is 0 Å². The van der Waals surface area contributed by atoms with Crippen LogP contribution in [-0.2, 0) is 13.6 Å². The number of aliphatic hydroxyl groups is 2. The SMILES string of the molecule is CC(C)OP(=O)(CC(C)N(CCO)CCO)OC(C)C. The number of nitrogens with zero attached hydrogens (tertiary/aromatic N) is 1. The third kappa shape index (κ3) is 8.35. The lowest BCUT2D eigenvalue weighted by atomic mass is 10.3. The van der Waals surface area contributed by atoms with Gasteiger partial charge in [0, 0.05) is 19.1 Å². The molecule has 0 aromatic heterocycles. The van der Waals surface area contributed by atoms with E-state index in [1.807, 2.05) is 39.5 Å². The van der Waals surface area contributed by atoms with Crippen LogP contribution in [-0.4, -0.2) is 65.8 Å². The number of hydrogen-bond donors (Lipinski definition) is 2. The van der Waals surface area contributed by atoms with Crippen LogP contribution >= 0.6 is 7.60 Å². The molecule has 0 saturated carbocycles. The van der Waals surface area contributed by atoms with Crippen molar-refractivity contribution in [1.29, 1.82) is 0 Å². The van der Waals surface area contributed by atoms with Crippen LogP contribution in [0.2, 0.25) is 0 Å². The highest BCUT2D eigenvalue weighted by atomic mass is 31.2. The zero-order valence-electron chi connectivity index (χ0n) is 13.3.